The number of amides is 1. The normalized spacial score (nSPS) is 29.0. The zero-order valence-electron chi connectivity index (χ0n) is 17.3. The number of rotatable bonds is 7. The van der Waals surface area contributed by atoms with Crippen LogP contribution in [0.1, 0.15) is 38.5 Å². The summed E-state index contributed by atoms with van der Waals surface area (Å²) in [4.78, 5) is 24.3. The van der Waals surface area contributed by atoms with Gasteiger partial charge in [-0.3, -0.25) is 4.79 Å². The quantitative estimate of drug-likeness (QED) is 0.702. The van der Waals surface area contributed by atoms with Gasteiger partial charge in [-0.05, 0) is 73.1 Å². The Bertz CT molecular complexity index is 913. The number of benzene rings is 2. The summed E-state index contributed by atoms with van der Waals surface area (Å²) in [5.74, 6) is 2.46. The highest BCUT2D eigenvalue weighted by Gasteiger charge is 2.50. The molecule has 30 heavy (non-hydrogen) atoms. The number of nitrogens with one attached hydrogen (secondary N) is 1. The number of carbonyl (C=O) groups excluding carboxylic acids is 2. The molecule has 158 valence electrons. The Morgan fingerprint density at radius 1 is 0.900 bits per heavy atom. The second-order valence-corrected chi connectivity index (χ2v) is 9.62. The predicted octanol–water partition coefficient (Wildman–Crippen LogP) is 4.09. The number of fused-ring (bicyclic) bond motifs is 1. The van der Waals surface area contributed by atoms with Gasteiger partial charge in [-0.2, -0.15) is 0 Å². The third-order valence-corrected chi connectivity index (χ3v) is 7.29. The van der Waals surface area contributed by atoms with Crippen LogP contribution in [0.25, 0.3) is 10.8 Å². The fourth-order valence-electron chi connectivity index (χ4n) is 6.49. The topological polar surface area (TPSA) is 64.6 Å². The van der Waals surface area contributed by atoms with Crippen LogP contribution in [0.3, 0.4) is 0 Å². The minimum Gasteiger partial charge on any atom is -0.481 e. The van der Waals surface area contributed by atoms with Gasteiger partial charge in [0.25, 0.3) is 5.91 Å². The lowest BCUT2D eigenvalue weighted by Gasteiger charge is -2.56. The van der Waals surface area contributed by atoms with Crippen molar-refractivity contribution in [3.63, 3.8) is 0 Å². The molecule has 2 aromatic rings. The summed E-state index contributed by atoms with van der Waals surface area (Å²) >= 11 is 0. The fourth-order valence-corrected chi connectivity index (χ4v) is 6.49. The number of esters is 1. The molecule has 6 rings (SSSR count). The lowest BCUT2D eigenvalue weighted by atomic mass is 9.49. The molecule has 2 aromatic carbocycles. The zero-order chi connectivity index (χ0) is 20.6. The van der Waals surface area contributed by atoms with Crippen molar-refractivity contribution in [3.05, 3.63) is 42.5 Å². The Balaban J connectivity index is 1.07. The van der Waals surface area contributed by atoms with Gasteiger partial charge in [0, 0.05) is 11.9 Å². The van der Waals surface area contributed by atoms with Crippen LogP contribution in [0.2, 0.25) is 0 Å². The molecule has 0 spiro atoms. The number of hydrogen-bond acceptors (Lipinski definition) is 4. The van der Waals surface area contributed by atoms with Crippen molar-refractivity contribution in [2.75, 3.05) is 19.8 Å². The van der Waals surface area contributed by atoms with Crippen molar-refractivity contribution in [3.8, 4) is 5.75 Å². The molecule has 0 aromatic heterocycles. The van der Waals surface area contributed by atoms with E-state index in [2.05, 4.69) is 5.32 Å². The Labute approximate surface area is 177 Å². The van der Waals surface area contributed by atoms with E-state index in [1.165, 1.54) is 38.5 Å². The zero-order valence-corrected chi connectivity index (χ0v) is 17.3. The molecule has 4 aliphatic carbocycles. The van der Waals surface area contributed by atoms with Crippen LogP contribution < -0.4 is 10.1 Å². The number of carbonyl (C=O) groups is 2. The van der Waals surface area contributed by atoms with E-state index in [-0.39, 0.29) is 24.5 Å². The number of ether oxygens (including phenoxy) is 2. The SMILES string of the molecule is O=C(COC(=O)COc1cccc2ccccc12)NCC12CC3CC(CC(C3)C1)C2. The second kappa shape index (κ2) is 7.93. The van der Waals surface area contributed by atoms with E-state index >= 15 is 0 Å². The maximum atomic E-state index is 12.3. The molecule has 5 heteroatoms. The van der Waals surface area contributed by atoms with Crippen molar-refractivity contribution < 1.29 is 19.1 Å². The fraction of sp³-hybridized carbons (Fsp3) is 0.520. The highest BCUT2D eigenvalue weighted by molar-refractivity contribution is 5.88. The molecular weight excluding hydrogens is 378 g/mol. The van der Waals surface area contributed by atoms with E-state index in [1.807, 2.05) is 42.5 Å². The average Bonchev–Trinajstić information content (AvgIpc) is 2.74. The van der Waals surface area contributed by atoms with Gasteiger partial charge in [-0.1, -0.05) is 36.4 Å². The molecule has 1 N–H and O–H groups in total. The second-order valence-electron chi connectivity index (χ2n) is 9.62. The predicted molar refractivity (Wildman–Crippen MR) is 114 cm³/mol. The average molecular weight is 408 g/mol. The summed E-state index contributed by atoms with van der Waals surface area (Å²) in [6.07, 6.45) is 7.92. The third kappa shape index (κ3) is 4.03. The summed E-state index contributed by atoms with van der Waals surface area (Å²) in [5.41, 5.74) is 0.284. The van der Waals surface area contributed by atoms with E-state index in [9.17, 15) is 9.59 Å². The summed E-state index contributed by atoms with van der Waals surface area (Å²) in [7, 11) is 0. The largest absolute Gasteiger partial charge is 0.481 e. The van der Waals surface area contributed by atoms with E-state index in [0.717, 1.165) is 35.1 Å². The lowest BCUT2D eigenvalue weighted by Crippen LogP contribution is -2.51. The van der Waals surface area contributed by atoms with E-state index < -0.39 is 5.97 Å². The van der Waals surface area contributed by atoms with E-state index in [0.29, 0.717) is 5.75 Å². The van der Waals surface area contributed by atoms with Crippen LogP contribution in [0.15, 0.2) is 42.5 Å². The van der Waals surface area contributed by atoms with Gasteiger partial charge < -0.3 is 14.8 Å². The molecule has 0 unspecified atom stereocenters. The minimum atomic E-state index is -0.534. The van der Waals surface area contributed by atoms with Gasteiger partial charge in [-0.15, -0.1) is 0 Å². The maximum absolute atomic E-state index is 12.3. The third-order valence-electron chi connectivity index (χ3n) is 7.29. The molecular formula is C25H29NO4. The van der Waals surface area contributed by atoms with Gasteiger partial charge >= 0.3 is 5.97 Å². The van der Waals surface area contributed by atoms with Crippen LogP contribution >= 0.6 is 0 Å². The minimum absolute atomic E-state index is 0.212. The molecule has 0 atom stereocenters. The van der Waals surface area contributed by atoms with E-state index in [1.54, 1.807) is 0 Å². The number of hydrogen-bond donors (Lipinski definition) is 1. The molecule has 5 nitrogen and oxygen atoms in total. The van der Waals surface area contributed by atoms with Crippen molar-refractivity contribution in [1.82, 2.24) is 5.32 Å². The molecule has 0 heterocycles. The van der Waals surface area contributed by atoms with Crippen molar-refractivity contribution >= 4 is 22.6 Å². The molecule has 0 aliphatic heterocycles. The van der Waals surface area contributed by atoms with Crippen LogP contribution in [-0.2, 0) is 14.3 Å². The molecule has 4 saturated carbocycles. The molecule has 4 aliphatic rings. The molecule has 4 bridgehead atoms. The van der Waals surface area contributed by atoms with Gasteiger partial charge in [-0.25, -0.2) is 4.79 Å². The lowest BCUT2D eigenvalue weighted by molar-refractivity contribution is -0.150. The van der Waals surface area contributed by atoms with E-state index in [4.69, 9.17) is 9.47 Å². The standard InChI is InChI=1S/C25H29NO4/c27-23(26-16-25-11-17-8-18(12-25)10-19(9-17)13-25)14-30-24(28)15-29-22-7-3-5-20-4-1-2-6-21(20)22/h1-7,17-19H,8-16H2,(H,26,27). The van der Waals surface area contributed by atoms with Crippen molar-refractivity contribution in [2.45, 2.75) is 38.5 Å². The Morgan fingerprint density at radius 3 is 2.30 bits per heavy atom. The Morgan fingerprint density at radius 2 is 1.57 bits per heavy atom. The van der Waals surface area contributed by atoms with Gasteiger partial charge in [0.05, 0.1) is 0 Å². The van der Waals surface area contributed by atoms with Crippen molar-refractivity contribution in [2.24, 2.45) is 23.2 Å². The van der Waals surface area contributed by atoms with Crippen molar-refractivity contribution in [1.29, 1.82) is 0 Å². The first-order valence-electron chi connectivity index (χ1n) is 11.1. The van der Waals surface area contributed by atoms with Gasteiger partial charge in [0.2, 0.25) is 0 Å². The summed E-state index contributed by atoms with van der Waals surface area (Å²) < 4.78 is 10.8. The first-order valence-corrected chi connectivity index (χ1v) is 11.1. The molecule has 0 saturated heterocycles. The summed E-state index contributed by atoms with van der Waals surface area (Å²) in [6.45, 7) is 0.264. The maximum Gasteiger partial charge on any atom is 0.344 e. The monoisotopic (exact) mass is 407 g/mol. The summed E-state index contributed by atoms with van der Waals surface area (Å²) in [5, 5.41) is 5.03. The van der Waals surface area contributed by atoms with Gasteiger partial charge in [0.15, 0.2) is 13.2 Å². The molecule has 1 amide bonds. The van der Waals surface area contributed by atoms with Crippen LogP contribution in [0.4, 0.5) is 0 Å². The smallest absolute Gasteiger partial charge is 0.344 e. The van der Waals surface area contributed by atoms with Crippen LogP contribution in [-0.4, -0.2) is 31.6 Å². The Hall–Kier alpha value is -2.56. The first kappa shape index (κ1) is 19.4. The summed E-state index contributed by atoms with van der Waals surface area (Å²) in [6, 6.07) is 13.6. The molecule has 4 fully saturated rings. The Kier molecular flexibility index (Phi) is 5.13. The van der Waals surface area contributed by atoms with Crippen LogP contribution in [0, 0.1) is 23.2 Å². The molecule has 0 radical (unpaired) electrons. The first-order chi connectivity index (χ1) is 14.6. The van der Waals surface area contributed by atoms with Gasteiger partial charge in [0.1, 0.15) is 5.75 Å². The van der Waals surface area contributed by atoms with Crippen LogP contribution in [0.5, 0.6) is 5.75 Å². The highest BCUT2D eigenvalue weighted by Crippen LogP contribution is 2.59. The highest BCUT2D eigenvalue weighted by atomic mass is 16.6.